The van der Waals surface area contributed by atoms with Crippen LogP contribution < -0.4 is 15.4 Å². The molecule has 6 heteroatoms. The summed E-state index contributed by atoms with van der Waals surface area (Å²) in [5, 5.41) is 13.9. The average Bonchev–Trinajstić information content (AvgIpc) is 2.51. The van der Waals surface area contributed by atoms with E-state index in [0.717, 1.165) is 11.4 Å². The number of hydrogen-bond donors (Lipinski definition) is 2. The van der Waals surface area contributed by atoms with Crippen molar-refractivity contribution in [2.45, 2.75) is 27.2 Å². The number of nitrogens with zero attached hydrogens (tertiary/aromatic N) is 2. The summed E-state index contributed by atoms with van der Waals surface area (Å²) in [6.07, 6.45) is 0.466. The van der Waals surface area contributed by atoms with Crippen molar-refractivity contribution >= 4 is 23.2 Å². The van der Waals surface area contributed by atoms with Crippen molar-refractivity contribution < 1.29 is 9.53 Å². The average molecular weight is 314 g/mol. The van der Waals surface area contributed by atoms with Gasteiger partial charge >= 0.3 is 0 Å². The molecule has 1 aromatic heterocycles. The quantitative estimate of drug-likeness (QED) is 0.816. The monoisotopic (exact) mass is 314 g/mol. The third-order valence-corrected chi connectivity index (χ3v) is 2.96. The second-order valence-electron chi connectivity index (χ2n) is 5.53. The number of nitrogens with one attached hydrogen (secondary N) is 2. The zero-order chi connectivity index (χ0) is 16.7. The Balaban J connectivity index is 1.93. The lowest BCUT2D eigenvalue weighted by molar-refractivity contribution is -0.116. The Kier molecular flexibility index (Phi) is 5.91. The molecule has 0 aliphatic rings. The Hall–Kier alpha value is -2.63. The van der Waals surface area contributed by atoms with Crippen LogP contribution in [0.25, 0.3) is 0 Å². The summed E-state index contributed by atoms with van der Waals surface area (Å²) in [6.45, 7) is 6.58. The largest absolute Gasteiger partial charge is 0.494 e. The molecule has 1 heterocycles. The summed E-state index contributed by atoms with van der Waals surface area (Å²) >= 11 is 0. The van der Waals surface area contributed by atoms with Gasteiger partial charge in [-0.2, -0.15) is 0 Å². The van der Waals surface area contributed by atoms with Crippen LogP contribution in [0.4, 0.5) is 17.3 Å². The predicted octanol–water partition coefficient (Wildman–Crippen LogP) is 3.60. The van der Waals surface area contributed by atoms with Crippen LogP contribution >= 0.6 is 0 Å². The molecule has 23 heavy (non-hydrogen) atoms. The Labute approximate surface area is 136 Å². The van der Waals surface area contributed by atoms with Crippen molar-refractivity contribution in [3.63, 3.8) is 0 Å². The molecule has 2 rings (SSSR count). The predicted molar refractivity (Wildman–Crippen MR) is 91.0 cm³/mol. The molecule has 122 valence electrons. The molecular weight excluding hydrogens is 292 g/mol. The first-order chi connectivity index (χ1) is 11.1. The number of rotatable bonds is 7. The smallest absolute Gasteiger partial charge is 0.225 e. The van der Waals surface area contributed by atoms with Crippen LogP contribution in [0, 0.1) is 5.92 Å². The van der Waals surface area contributed by atoms with Crippen molar-refractivity contribution in [2.75, 3.05) is 17.2 Å². The highest BCUT2D eigenvalue weighted by Crippen LogP contribution is 2.19. The maximum absolute atomic E-state index is 11.7. The fourth-order valence-corrected chi connectivity index (χ4v) is 1.98. The van der Waals surface area contributed by atoms with Gasteiger partial charge in [0.15, 0.2) is 11.6 Å². The molecule has 6 nitrogen and oxygen atoms in total. The number of ether oxygens (including phenoxy) is 1. The summed E-state index contributed by atoms with van der Waals surface area (Å²) < 4.78 is 5.40. The van der Waals surface area contributed by atoms with E-state index in [2.05, 4.69) is 20.8 Å². The van der Waals surface area contributed by atoms with Crippen LogP contribution in [-0.4, -0.2) is 22.7 Å². The third-order valence-electron chi connectivity index (χ3n) is 2.96. The van der Waals surface area contributed by atoms with Crippen molar-refractivity contribution in [2.24, 2.45) is 5.92 Å². The second kappa shape index (κ2) is 8.12. The third kappa shape index (κ3) is 5.58. The van der Waals surface area contributed by atoms with Crippen LogP contribution in [-0.2, 0) is 4.79 Å². The van der Waals surface area contributed by atoms with E-state index in [-0.39, 0.29) is 5.91 Å². The summed E-state index contributed by atoms with van der Waals surface area (Å²) in [4.78, 5) is 11.7. The lowest BCUT2D eigenvalue weighted by atomic mass is 10.1. The van der Waals surface area contributed by atoms with Crippen molar-refractivity contribution in [3.8, 4) is 5.75 Å². The van der Waals surface area contributed by atoms with Crippen LogP contribution in [0.2, 0.25) is 0 Å². The minimum Gasteiger partial charge on any atom is -0.494 e. The number of carbonyl (C=O) groups excluding carboxylic acids is 1. The number of anilines is 3. The summed E-state index contributed by atoms with van der Waals surface area (Å²) in [6, 6.07) is 11.1. The summed E-state index contributed by atoms with van der Waals surface area (Å²) in [7, 11) is 0. The van der Waals surface area contributed by atoms with Gasteiger partial charge < -0.3 is 15.4 Å². The highest BCUT2D eigenvalue weighted by atomic mass is 16.5. The van der Waals surface area contributed by atoms with E-state index in [9.17, 15) is 4.79 Å². The summed E-state index contributed by atoms with van der Waals surface area (Å²) in [5.74, 6) is 2.14. The Morgan fingerprint density at radius 2 is 1.74 bits per heavy atom. The van der Waals surface area contributed by atoms with Gasteiger partial charge in [-0.3, -0.25) is 4.79 Å². The van der Waals surface area contributed by atoms with Gasteiger partial charge in [0.25, 0.3) is 0 Å². The van der Waals surface area contributed by atoms with Crippen LogP contribution in [0.15, 0.2) is 36.4 Å². The van der Waals surface area contributed by atoms with Crippen LogP contribution in [0.3, 0.4) is 0 Å². The van der Waals surface area contributed by atoms with Gasteiger partial charge in [0, 0.05) is 12.1 Å². The Morgan fingerprint density at radius 1 is 1.09 bits per heavy atom. The number of aromatic nitrogens is 2. The van der Waals surface area contributed by atoms with E-state index in [4.69, 9.17) is 4.74 Å². The molecule has 2 aromatic rings. The zero-order valence-electron chi connectivity index (χ0n) is 13.7. The van der Waals surface area contributed by atoms with E-state index < -0.39 is 0 Å². The van der Waals surface area contributed by atoms with Gasteiger partial charge in [-0.15, -0.1) is 10.2 Å². The number of amides is 1. The van der Waals surface area contributed by atoms with Gasteiger partial charge in [-0.05, 0) is 49.2 Å². The SMILES string of the molecule is CCOc1ccc(Nc2ccc(NC(=O)CC(C)C)nn2)cc1. The van der Waals surface area contributed by atoms with Gasteiger partial charge in [-0.25, -0.2) is 0 Å². The lowest BCUT2D eigenvalue weighted by Crippen LogP contribution is -2.15. The maximum atomic E-state index is 11.7. The molecular formula is C17H22N4O2. The zero-order valence-corrected chi connectivity index (χ0v) is 13.7. The van der Waals surface area contributed by atoms with Gasteiger partial charge in [0.1, 0.15) is 5.75 Å². The van der Waals surface area contributed by atoms with E-state index in [1.807, 2.05) is 45.0 Å². The Morgan fingerprint density at radius 3 is 2.30 bits per heavy atom. The fraction of sp³-hybridized carbons (Fsp3) is 0.353. The van der Waals surface area contributed by atoms with Crippen molar-refractivity contribution in [1.82, 2.24) is 10.2 Å². The normalized spacial score (nSPS) is 10.4. The maximum Gasteiger partial charge on any atom is 0.225 e. The molecule has 0 spiro atoms. The molecule has 0 saturated heterocycles. The number of carbonyl (C=O) groups is 1. The highest BCUT2D eigenvalue weighted by Gasteiger charge is 2.06. The van der Waals surface area contributed by atoms with E-state index in [1.54, 1.807) is 12.1 Å². The van der Waals surface area contributed by atoms with Gasteiger partial charge in [0.05, 0.1) is 6.61 Å². The molecule has 0 unspecified atom stereocenters. The molecule has 0 fully saturated rings. The molecule has 0 saturated carbocycles. The second-order valence-corrected chi connectivity index (χ2v) is 5.53. The first-order valence-electron chi connectivity index (χ1n) is 7.70. The molecule has 1 aromatic carbocycles. The first-order valence-corrected chi connectivity index (χ1v) is 7.70. The summed E-state index contributed by atoms with van der Waals surface area (Å²) in [5.41, 5.74) is 0.888. The minimum absolute atomic E-state index is 0.0541. The van der Waals surface area contributed by atoms with Gasteiger partial charge in [0.2, 0.25) is 5.91 Å². The molecule has 2 N–H and O–H groups in total. The highest BCUT2D eigenvalue weighted by molar-refractivity contribution is 5.89. The minimum atomic E-state index is -0.0541. The van der Waals surface area contributed by atoms with Crippen LogP contribution in [0.5, 0.6) is 5.75 Å². The number of hydrogen-bond acceptors (Lipinski definition) is 5. The molecule has 0 atom stereocenters. The Bertz CT molecular complexity index is 624. The van der Waals surface area contributed by atoms with Gasteiger partial charge in [-0.1, -0.05) is 13.8 Å². The molecule has 0 bridgehead atoms. The van der Waals surface area contributed by atoms with E-state index in [0.29, 0.717) is 30.6 Å². The van der Waals surface area contributed by atoms with Crippen molar-refractivity contribution in [3.05, 3.63) is 36.4 Å². The fourth-order valence-electron chi connectivity index (χ4n) is 1.98. The molecule has 0 aliphatic heterocycles. The first kappa shape index (κ1) is 16.7. The molecule has 0 aliphatic carbocycles. The molecule has 0 radical (unpaired) electrons. The topological polar surface area (TPSA) is 76.1 Å². The molecule has 1 amide bonds. The van der Waals surface area contributed by atoms with Crippen molar-refractivity contribution in [1.29, 1.82) is 0 Å². The number of benzene rings is 1. The van der Waals surface area contributed by atoms with Crippen LogP contribution in [0.1, 0.15) is 27.2 Å². The lowest BCUT2D eigenvalue weighted by Gasteiger charge is -2.08. The standard InChI is InChI=1S/C17H22N4O2/c1-4-23-14-7-5-13(6-8-14)18-15-9-10-16(21-20-15)19-17(22)11-12(2)3/h5-10,12H,4,11H2,1-3H3,(H,18,20)(H,19,21,22). The van der Waals surface area contributed by atoms with E-state index in [1.165, 1.54) is 0 Å². The van der Waals surface area contributed by atoms with E-state index >= 15 is 0 Å².